The SMILES string of the molecule is CCc1ccc(Cn2cccnc2=O)s1. The Morgan fingerprint density at radius 1 is 1.40 bits per heavy atom. The minimum atomic E-state index is -0.191. The number of rotatable bonds is 3. The Morgan fingerprint density at radius 3 is 2.87 bits per heavy atom. The van der Waals surface area contributed by atoms with E-state index < -0.39 is 0 Å². The fourth-order valence-electron chi connectivity index (χ4n) is 1.37. The Kier molecular flexibility index (Phi) is 2.97. The van der Waals surface area contributed by atoms with E-state index in [9.17, 15) is 4.79 Å². The molecular formula is C11H12N2OS. The lowest BCUT2D eigenvalue weighted by Gasteiger charge is -2.00. The van der Waals surface area contributed by atoms with Crippen LogP contribution >= 0.6 is 11.3 Å². The molecule has 0 saturated carbocycles. The molecule has 0 unspecified atom stereocenters. The molecule has 0 spiro atoms. The normalized spacial score (nSPS) is 10.5. The van der Waals surface area contributed by atoms with Crippen LogP contribution in [0.4, 0.5) is 0 Å². The van der Waals surface area contributed by atoms with Gasteiger partial charge in [-0.25, -0.2) is 9.78 Å². The minimum Gasteiger partial charge on any atom is -0.294 e. The van der Waals surface area contributed by atoms with Crippen molar-refractivity contribution in [1.29, 1.82) is 0 Å². The molecule has 0 radical (unpaired) electrons. The summed E-state index contributed by atoms with van der Waals surface area (Å²) < 4.78 is 1.62. The second-order valence-electron chi connectivity index (χ2n) is 3.25. The summed E-state index contributed by atoms with van der Waals surface area (Å²) in [5, 5.41) is 0. The molecule has 0 aliphatic carbocycles. The van der Waals surface area contributed by atoms with Gasteiger partial charge >= 0.3 is 5.69 Å². The van der Waals surface area contributed by atoms with Crippen LogP contribution in [-0.2, 0) is 13.0 Å². The third-order valence-electron chi connectivity index (χ3n) is 2.17. The highest BCUT2D eigenvalue weighted by Crippen LogP contribution is 2.17. The van der Waals surface area contributed by atoms with Crippen molar-refractivity contribution in [3.8, 4) is 0 Å². The monoisotopic (exact) mass is 220 g/mol. The maximum Gasteiger partial charge on any atom is 0.347 e. The number of nitrogens with zero attached hydrogens (tertiary/aromatic N) is 2. The van der Waals surface area contributed by atoms with E-state index in [0.717, 1.165) is 6.42 Å². The van der Waals surface area contributed by atoms with E-state index in [0.29, 0.717) is 6.54 Å². The Labute approximate surface area is 92.0 Å². The van der Waals surface area contributed by atoms with Crippen molar-refractivity contribution in [3.63, 3.8) is 0 Å². The van der Waals surface area contributed by atoms with Crippen LogP contribution in [0.25, 0.3) is 0 Å². The van der Waals surface area contributed by atoms with Crippen molar-refractivity contribution in [2.24, 2.45) is 0 Å². The molecule has 3 nitrogen and oxygen atoms in total. The van der Waals surface area contributed by atoms with E-state index in [-0.39, 0.29) is 5.69 Å². The number of thiophene rings is 1. The molecule has 0 saturated heterocycles. The van der Waals surface area contributed by atoms with Gasteiger partial charge in [0, 0.05) is 22.1 Å². The van der Waals surface area contributed by atoms with Gasteiger partial charge in [-0.15, -0.1) is 11.3 Å². The first-order valence-electron chi connectivity index (χ1n) is 4.88. The summed E-state index contributed by atoms with van der Waals surface area (Å²) in [5.74, 6) is 0. The molecule has 0 atom stereocenters. The Hall–Kier alpha value is -1.42. The molecule has 2 aromatic rings. The Balaban J connectivity index is 2.22. The second kappa shape index (κ2) is 4.40. The lowest BCUT2D eigenvalue weighted by atomic mass is 10.3. The van der Waals surface area contributed by atoms with Gasteiger partial charge in [0.25, 0.3) is 0 Å². The number of aromatic nitrogens is 2. The summed E-state index contributed by atoms with van der Waals surface area (Å²) in [4.78, 5) is 17.6. The summed E-state index contributed by atoms with van der Waals surface area (Å²) in [6.07, 6.45) is 4.33. The molecule has 0 aromatic carbocycles. The van der Waals surface area contributed by atoms with E-state index in [1.165, 1.54) is 16.0 Å². The molecule has 2 aromatic heterocycles. The van der Waals surface area contributed by atoms with Crippen LogP contribution in [-0.4, -0.2) is 9.55 Å². The zero-order chi connectivity index (χ0) is 10.7. The van der Waals surface area contributed by atoms with Gasteiger partial charge in [-0.05, 0) is 24.6 Å². The van der Waals surface area contributed by atoms with Crippen LogP contribution in [0.2, 0.25) is 0 Å². The van der Waals surface area contributed by atoms with Crippen molar-refractivity contribution >= 4 is 11.3 Å². The molecule has 15 heavy (non-hydrogen) atoms. The second-order valence-corrected chi connectivity index (χ2v) is 4.50. The third-order valence-corrected chi connectivity index (χ3v) is 3.39. The highest BCUT2D eigenvalue weighted by atomic mass is 32.1. The van der Waals surface area contributed by atoms with Crippen LogP contribution in [0.5, 0.6) is 0 Å². The predicted molar refractivity (Wildman–Crippen MR) is 61.3 cm³/mol. The number of hydrogen-bond donors (Lipinski definition) is 0. The summed E-state index contributed by atoms with van der Waals surface area (Å²) in [6.45, 7) is 2.75. The topological polar surface area (TPSA) is 34.9 Å². The average molecular weight is 220 g/mol. The number of aryl methyl sites for hydroxylation is 1. The molecule has 0 aliphatic rings. The van der Waals surface area contributed by atoms with E-state index in [1.807, 2.05) is 0 Å². The van der Waals surface area contributed by atoms with Gasteiger partial charge in [0.1, 0.15) is 0 Å². The van der Waals surface area contributed by atoms with Crippen molar-refractivity contribution in [3.05, 3.63) is 50.8 Å². The maximum absolute atomic E-state index is 11.4. The van der Waals surface area contributed by atoms with E-state index in [2.05, 4.69) is 24.0 Å². The van der Waals surface area contributed by atoms with Crippen molar-refractivity contribution in [2.75, 3.05) is 0 Å². The minimum absolute atomic E-state index is 0.191. The van der Waals surface area contributed by atoms with Gasteiger partial charge in [0.2, 0.25) is 0 Å². The first-order chi connectivity index (χ1) is 7.29. The van der Waals surface area contributed by atoms with Gasteiger partial charge in [-0.1, -0.05) is 6.92 Å². The van der Waals surface area contributed by atoms with Gasteiger partial charge in [-0.3, -0.25) is 4.57 Å². The van der Waals surface area contributed by atoms with Crippen LogP contribution < -0.4 is 5.69 Å². The van der Waals surface area contributed by atoms with E-state index in [1.54, 1.807) is 28.2 Å². The van der Waals surface area contributed by atoms with Crippen molar-refractivity contribution < 1.29 is 0 Å². The molecule has 0 fully saturated rings. The lowest BCUT2D eigenvalue weighted by Crippen LogP contribution is -2.21. The highest BCUT2D eigenvalue weighted by molar-refractivity contribution is 7.11. The van der Waals surface area contributed by atoms with Crippen LogP contribution in [0.15, 0.2) is 35.4 Å². The van der Waals surface area contributed by atoms with Gasteiger partial charge in [-0.2, -0.15) is 0 Å². The smallest absolute Gasteiger partial charge is 0.294 e. The summed E-state index contributed by atoms with van der Waals surface area (Å²) >= 11 is 1.75. The first-order valence-corrected chi connectivity index (χ1v) is 5.70. The largest absolute Gasteiger partial charge is 0.347 e. The van der Waals surface area contributed by atoms with Gasteiger partial charge < -0.3 is 0 Å². The number of hydrogen-bond acceptors (Lipinski definition) is 3. The summed E-state index contributed by atoms with van der Waals surface area (Å²) in [7, 11) is 0. The lowest BCUT2D eigenvalue weighted by molar-refractivity contribution is 0.735. The van der Waals surface area contributed by atoms with Crippen LogP contribution in [0, 0.1) is 0 Å². The Bertz CT molecular complexity index is 501. The molecule has 4 heteroatoms. The van der Waals surface area contributed by atoms with Crippen LogP contribution in [0.3, 0.4) is 0 Å². The zero-order valence-electron chi connectivity index (χ0n) is 8.51. The van der Waals surface area contributed by atoms with E-state index >= 15 is 0 Å². The van der Waals surface area contributed by atoms with E-state index in [4.69, 9.17) is 0 Å². The quantitative estimate of drug-likeness (QED) is 0.792. The van der Waals surface area contributed by atoms with Crippen LogP contribution in [0.1, 0.15) is 16.7 Å². The molecule has 78 valence electrons. The fourth-order valence-corrected chi connectivity index (χ4v) is 2.33. The molecule has 2 rings (SSSR count). The fraction of sp³-hybridized carbons (Fsp3) is 0.273. The zero-order valence-corrected chi connectivity index (χ0v) is 9.33. The predicted octanol–water partition coefficient (Wildman–Crippen LogP) is 1.92. The summed E-state index contributed by atoms with van der Waals surface area (Å²) in [6, 6.07) is 5.96. The maximum atomic E-state index is 11.4. The molecule has 0 aliphatic heterocycles. The van der Waals surface area contributed by atoms with Gasteiger partial charge in [0.15, 0.2) is 0 Å². The van der Waals surface area contributed by atoms with Gasteiger partial charge in [0.05, 0.1) is 6.54 Å². The summed E-state index contributed by atoms with van der Waals surface area (Å²) in [5.41, 5.74) is -0.191. The van der Waals surface area contributed by atoms with Crippen molar-refractivity contribution in [1.82, 2.24) is 9.55 Å². The molecule has 0 amide bonds. The Morgan fingerprint density at radius 2 is 2.20 bits per heavy atom. The standard InChI is InChI=1S/C11H12N2OS/c1-2-9-4-5-10(15-9)8-13-7-3-6-12-11(13)14/h3-7H,2,8H2,1H3. The molecule has 0 bridgehead atoms. The first kappa shape index (κ1) is 10.1. The van der Waals surface area contributed by atoms with Crippen molar-refractivity contribution in [2.45, 2.75) is 19.9 Å². The average Bonchev–Trinajstić information content (AvgIpc) is 2.69. The highest BCUT2D eigenvalue weighted by Gasteiger charge is 2.00. The molecular weight excluding hydrogens is 208 g/mol. The molecule has 0 N–H and O–H groups in total. The third kappa shape index (κ3) is 2.33. The molecule has 2 heterocycles.